The van der Waals surface area contributed by atoms with E-state index in [1.54, 1.807) is 13.0 Å². The summed E-state index contributed by atoms with van der Waals surface area (Å²) < 4.78 is 10.6. The van der Waals surface area contributed by atoms with Crippen LogP contribution in [-0.2, 0) is 16.0 Å². The minimum Gasteiger partial charge on any atom is -0.468 e. The monoisotopic (exact) mass is 232 g/mol. The Hall–Kier alpha value is -0.770. The highest BCUT2D eigenvalue weighted by Crippen LogP contribution is 2.18. The van der Waals surface area contributed by atoms with Gasteiger partial charge in [-0.15, -0.1) is 0 Å². The van der Waals surface area contributed by atoms with Gasteiger partial charge in [0.25, 0.3) is 0 Å². The molecule has 0 amide bonds. The molecule has 1 aromatic heterocycles. The zero-order valence-corrected chi connectivity index (χ0v) is 8.26. The van der Waals surface area contributed by atoms with Crippen molar-refractivity contribution in [2.45, 2.75) is 13.3 Å². The number of esters is 1. The second-order valence-electron chi connectivity index (χ2n) is 2.17. The molecule has 0 radical (unpaired) electrons. The van der Waals surface area contributed by atoms with Crippen LogP contribution in [-0.4, -0.2) is 12.6 Å². The van der Waals surface area contributed by atoms with Crippen molar-refractivity contribution in [1.82, 2.24) is 0 Å². The highest BCUT2D eigenvalue weighted by molar-refractivity contribution is 9.10. The third-order valence-corrected chi connectivity index (χ3v) is 2.01. The first-order valence-corrected chi connectivity index (χ1v) is 4.40. The van der Waals surface area contributed by atoms with Gasteiger partial charge in [0, 0.05) is 0 Å². The predicted octanol–water partition coefficient (Wildman–Crippen LogP) is 2.15. The third-order valence-electron chi connectivity index (χ3n) is 1.30. The van der Waals surface area contributed by atoms with Crippen LogP contribution in [0.4, 0.5) is 0 Å². The number of rotatable bonds is 3. The van der Waals surface area contributed by atoms with Crippen LogP contribution in [0.5, 0.6) is 0 Å². The zero-order valence-electron chi connectivity index (χ0n) is 6.67. The number of hydrogen-bond donors (Lipinski definition) is 0. The molecule has 12 heavy (non-hydrogen) atoms. The van der Waals surface area contributed by atoms with Crippen LogP contribution in [0.3, 0.4) is 0 Å². The lowest BCUT2D eigenvalue weighted by Crippen LogP contribution is -2.06. The highest BCUT2D eigenvalue weighted by Gasteiger charge is 2.09. The lowest BCUT2D eigenvalue weighted by molar-refractivity contribution is -0.142. The van der Waals surface area contributed by atoms with Gasteiger partial charge >= 0.3 is 5.97 Å². The van der Waals surface area contributed by atoms with Crippen molar-refractivity contribution in [3.8, 4) is 0 Å². The first-order chi connectivity index (χ1) is 5.74. The minimum atomic E-state index is -0.270. The standard InChI is InChI=1S/C8H9BrO3/c1-2-11-8(10)5-7-6(9)3-4-12-7/h3-4H,2,5H2,1H3. The second kappa shape index (κ2) is 4.30. The average molecular weight is 233 g/mol. The molecule has 1 rings (SSSR count). The summed E-state index contributed by atoms with van der Waals surface area (Å²) in [5, 5.41) is 0. The van der Waals surface area contributed by atoms with Gasteiger partial charge in [-0.2, -0.15) is 0 Å². The van der Waals surface area contributed by atoms with Gasteiger partial charge in [-0.25, -0.2) is 0 Å². The van der Waals surface area contributed by atoms with E-state index in [0.29, 0.717) is 12.4 Å². The molecule has 0 saturated carbocycles. The quantitative estimate of drug-likeness (QED) is 0.751. The summed E-state index contributed by atoms with van der Waals surface area (Å²) in [5.74, 6) is 0.335. The summed E-state index contributed by atoms with van der Waals surface area (Å²) in [6.45, 7) is 2.17. The molecule has 1 heterocycles. The lowest BCUT2D eigenvalue weighted by atomic mass is 10.3. The van der Waals surface area contributed by atoms with Crippen LogP contribution in [0.1, 0.15) is 12.7 Å². The van der Waals surface area contributed by atoms with Gasteiger partial charge in [0.05, 0.1) is 17.3 Å². The van der Waals surface area contributed by atoms with Crippen molar-refractivity contribution in [3.05, 3.63) is 22.6 Å². The van der Waals surface area contributed by atoms with Crippen molar-refractivity contribution < 1.29 is 13.9 Å². The molecule has 1 aromatic rings. The van der Waals surface area contributed by atoms with Crippen LogP contribution < -0.4 is 0 Å². The number of carbonyl (C=O) groups excluding carboxylic acids is 1. The van der Waals surface area contributed by atoms with Crippen LogP contribution in [0, 0.1) is 0 Å². The molecular weight excluding hydrogens is 224 g/mol. The number of ether oxygens (including phenoxy) is 1. The first-order valence-electron chi connectivity index (χ1n) is 3.61. The highest BCUT2D eigenvalue weighted by atomic mass is 79.9. The van der Waals surface area contributed by atoms with Crippen molar-refractivity contribution in [2.75, 3.05) is 6.61 Å². The molecule has 0 aromatic carbocycles. The molecule has 0 N–H and O–H groups in total. The maximum Gasteiger partial charge on any atom is 0.313 e. The van der Waals surface area contributed by atoms with E-state index in [1.807, 2.05) is 0 Å². The van der Waals surface area contributed by atoms with E-state index in [2.05, 4.69) is 15.9 Å². The molecule has 0 unspecified atom stereocenters. The molecule has 0 fully saturated rings. The Morgan fingerprint density at radius 3 is 3.00 bits per heavy atom. The van der Waals surface area contributed by atoms with Gasteiger partial charge in [-0.3, -0.25) is 4.79 Å². The van der Waals surface area contributed by atoms with Gasteiger partial charge in [0.2, 0.25) is 0 Å². The molecule has 66 valence electrons. The predicted molar refractivity (Wildman–Crippen MR) is 46.7 cm³/mol. The molecule has 0 atom stereocenters. The summed E-state index contributed by atoms with van der Waals surface area (Å²) in [5.41, 5.74) is 0. The van der Waals surface area contributed by atoms with Crippen molar-refractivity contribution >= 4 is 21.9 Å². The largest absolute Gasteiger partial charge is 0.468 e. The van der Waals surface area contributed by atoms with Gasteiger partial charge in [-0.1, -0.05) is 0 Å². The SMILES string of the molecule is CCOC(=O)Cc1occc1Br. The number of hydrogen-bond acceptors (Lipinski definition) is 3. The zero-order chi connectivity index (χ0) is 8.97. The van der Waals surface area contributed by atoms with Gasteiger partial charge in [-0.05, 0) is 28.9 Å². The molecule has 0 bridgehead atoms. The fourth-order valence-electron chi connectivity index (χ4n) is 0.794. The van der Waals surface area contributed by atoms with Crippen molar-refractivity contribution in [3.63, 3.8) is 0 Å². The summed E-state index contributed by atoms with van der Waals surface area (Å²) in [6, 6.07) is 1.74. The fraction of sp³-hybridized carbons (Fsp3) is 0.375. The van der Waals surface area contributed by atoms with Gasteiger partial charge in [0.15, 0.2) is 0 Å². The number of halogens is 1. The van der Waals surface area contributed by atoms with Crippen LogP contribution in [0.25, 0.3) is 0 Å². The summed E-state index contributed by atoms with van der Waals surface area (Å²) >= 11 is 3.24. The molecule has 0 saturated heterocycles. The van der Waals surface area contributed by atoms with Crippen LogP contribution >= 0.6 is 15.9 Å². The Labute approximate surface area is 78.8 Å². The molecule has 0 spiro atoms. The minimum absolute atomic E-state index is 0.182. The Bertz CT molecular complexity index is 267. The maximum atomic E-state index is 11.0. The maximum absolute atomic E-state index is 11.0. The molecule has 3 nitrogen and oxygen atoms in total. The molecule has 0 aliphatic rings. The van der Waals surface area contributed by atoms with E-state index < -0.39 is 0 Å². The van der Waals surface area contributed by atoms with E-state index in [-0.39, 0.29) is 12.4 Å². The van der Waals surface area contributed by atoms with E-state index in [0.717, 1.165) is 4.47 Å². The Kier molecular flexibility index (Phi) is 3.34. The Morgan fingerprint density at radius 1 is 1.75 bits per heavy atom. The lowest BCUT2D eigenvalue weighted by Gasteiger charge is -1.98. The van der Waals surface area contributed by atoms with Crippen molar-refractivity contribution in [2.24, 2.45) is 0 Å². The number of carbonyl (C=O) groups is 1. The van der Waals surface area contributed by atoms with E-state index in [1.165, 1.54) is 6.26 Å². The summed E-state index contributed by atoms with van der Waals surface area (Å²) in [7, 11) is 0. The van der Waals surface area contributed by atoms with Crippen LogP contribution in [0.15, 0.2) is 21.2 Å². The third kappa shape index (κ3) is 2.37. The molecule has 0 aliphatic heterocycles. The normalized spacial score (nSPS) is 9.83. The Morgan fingerprint density at radius 2 is 2.50 bits per heavy atom. The van der Waals surface area contributed by atoms with Gasteiger partial charge < -0.3 is 9.15 Å². The molecular formula is C8H9BrO3. The van der Waals surface area contributed by atoms with Crippen LogP contribution in [0.2, 0.25) is 0 Å². The fourth-order valence-corrected chi connectivity index (χ4v) is 1.14. The van der Waals surface area contributed by atoms with Gasteiger partial charge in [0.1, 0.15) is 12.2 Å². The van der Waals surface area contributed by atoms with E-state index in [9.17, 15) is 4.79 Å². The van der Waals surface area contributed by atoms with E-state index in [4.69, 9.17) is 9.15 Å². The number of furan rings is 1. The summed E-state index contributed by atoms with van der Waals surface area (Å²) in [4.78, 5) is 11.0. The Balaban J connectivity index is 2.52. The topological polar surface area (TPSA) is 39.4 Å². The first kappa shape index (κ1) is 9.32. The summed E-state index contributed by atoms with van der Waals surface area (Å²) in [6.07, 6.45) is 1.71. The van der Waals surface area contributed by atoms with E-state index >= 15 is 0 Å². The second-order valence-corrected chi connectivity index (χ2v) is 3.03. The average Bonchev–Trinajstić information content (AvgIpc) is 2.37. The van der Waals surface area contributed by atoms with Crippen molar-refractivity contribution in [1.29, 1.82) is 0 Å². The smallest absolute Gasteiger partial charge is 0.313 e. The molecule has 4 heteroatoms. The molecule has 0 aliphatic carbocycles.